The number of benzene rings is 2. The maximum absolute atomic E-state index is 13.3. The van der Waals surface area contributed by atoms with Gasteiger partial charge in [-0.3, -0.25) is 0 Å². The fourth-order valence-corrected chi connectivity index (χ4v) is 3.16. The van der Waals surface area contributed by atoms with E-state index in [9.17, 15) is 4.39 Å². The number of halogens is 1. The molecule has 1 N–H and O–H groups in total. The number of methoxy groups -OCH3 is 1. The van der Waals surface area contributed by atoms with Crippen molar-refractivity contribution in [2.24, 2.45) is 9.98 Å². The van der Waals surface area contributed by atoms with Gasteiger partial charge in [0.05, 0.1) is 23.4 Å². The van der Waals surface area contributed by atoms with Crippen LogP contribution in [0, 0.1) is 5.82 Å². The molecule has 0 bridgehead atoms. The van der Waals surface area contributed by atoms with Crippen molar-refractivity contribution >= 4 is 34.4 Å². The first-order valence-corrected chi connectivity index (χ1v) is 8.53. The number of nitrogens with one attached hydrogen (secondary N) is 1. The molecule has 3 aromatic rings. The summed E-state index contributed by atoms with van der Waals surface area (Å²) in [5, 5.41) is 5.28. The van der Waals surface area contributed by atoms with Crippen molar-refractivity contribution in [2.75, 3.05) is 12.4 Å². The Balaban J connectivity index is 1.86. The molecule has 124 valence electrons. The van der Waals surface area contributed by atoms with E-state index < -0.39 is 0 Å². The van der Waals surface area contributed by atoms with Crippen LogP contribution in [0.25, 0.3) is 0 Å². The van der Waals surface area contributed by atoms with Crippen LogP contribution in [0.5, 0.6) is 5.75 Å². The van der Waals surface area contributed by atoms with Crippen LogP contribution in [0.15, 0.2) is 70.0 Å². The van der Waals surface area contributed by atoms with Gasteiger partial charge >= 0.3 is 0 Å². The zero-order chi connectivity index (χ0) is 17.2. The molecule has 0 aliphatic carbocycles. The number of ether oxygens (including phenoxy) is 1. The minimum atomic E-state index is -0.285. The van der Waals surface area contributed by atoms with Crippen molar-refractivity contribution in [2.45, 2.75) is 0 Å². The lowest BCUT2D eigenvalue weighted by Gasteiger charge is -2.11. The molecule has 0 unspecified atom stereocenters. The maximum Gasteiger partial charge on any atom is 0.172 e. The molecule has 25 heavy (non-hydrogen) atoms. The van der Waals surface area contributed by atoms with Gasteiger partial charge in [-0.15, -0.1) is 11.3 Å². The highest BCUT2D eigenvalue weighted by atomic mass is 32.1. The zero-order valence-electron chi connectivity index (χ0n) is 13.4. The van der Waals surface area contributed by atoms with Gasteiger partial charge in [0, 0.05) is 11.6 Å². The largest absolute Gasteiger partial charge is 0.497 e. The summed E-state index contributed by atoms with van der Waals surface area (Å²) in [6, 6.07) is 15.8. The van der Waals surface area contributed by atoms with Gasteiger partial charge in [-0.05, 0) is 47.8 Å². The molecule has 2 heterocycles. The summed E-state index contributed by atoms with van der Waals surface area (Å²) in [7, 11) is 1.62. The number of rotatable bonds is 3. The molecule has 4 nitrogen and oxygen atoms in total. The summed E-state index contributed by atoms with van der Waals surface area (Å²) in [5.41, 5.74) is 2.33. The van der Waals surface area contributed by atoms with Crippen molar-refractivity contribution in [1.82, 2.24) is 0 Å². The summed E-state index contributed by atoms with van der Waals surface area (Å²) < 4.78 is 18.6. The van der Waals surface area contributed by atoms with Crippen LogP contribution in [0.4, 0.5) is 15.8 Å². The van der Waals surface area contributed by atoms with Gasteiger partial charge in [0.25, 0.3) is 0 Å². The monoisotopic (exact) mass is 351 g/mol. The Labute approximate surface area is 148 Å². The zero-order valence-corrected chi connectivity index (χ0v) is 14.2. The number of fused-ring (bicyclic) bond motifs is 1. The number of aliphatic imine (C=N–C) groups is 2. The van der Waals surface area contributed by atoms with Gasteiger partial charge in [0.1, 0.15) is 17.4 Å². The number of anilines is 1. The molecule has 0 fully saturated rings. The van der Waals surface area contributed by atoms with Crippen LogP contribution in [-0.4, -0.2) is 18.8 Å². The number of hydrogen-bond donors (Lipinski definition) is 1. The van der Waals surface area contributed by atoms with Gasteiger partial charge in [0.15, 0.2) is 5.84 Å². The van der Waals surface area contributed by atoms with E-state index in [0.717, 1.165) is 27.6 Å². The molecule has 1 aliphatic rings. The summed E-state index contributed by atoms with van der Waals surface area (Å²) in [4.78, 5) is 10.4. The number of nitrogens with zero attached hydrogens (tertiary/aromatic N) is 2. The van der Waals surface area contributed by atoms with E-state index in [1.54, 1.807) is 30.6 Å². The molecule has 0 amide bonds. The Kier molecular flexibility index (Phi) is 4.03. The van der Waals surface area contributed by atoms with Crippen LogP contribution < -0.4 is 10.1 Å². The maximum atomic E-state index is 13.3. The Bertz CT molecular complexity index is 963. The minimum absolute atomic E-state index is 0.285. The molecule has 0 saturated heterocycles. The van der Waals surface area contributed by atoms with E-state index in [1.165, 1.54) is 12.1 Å². The summed E-state index contributed by atoms with van der Waals surface area (Å²) in [6.45, 7) is 0. The van der Waals surface area contributed by atoms with Crippen LogP contribution >= 0.6 is 11.3 Å². The first-order valence-electron chi connectivity index (χ1n) is 7.65. The van der Waals surface area contributed by atoms with E-state index in [0.29, 0.717) is 11.7 Å². The molecular weight excluding hydrogens is 337 g/mol. The minimum Gasteiger partial charge on any atom is -0.497 e. The Morgan fingerprint density at radius 1 is 1.04 bits per heavy atom. The van der Waals surface area contributed by atoms with E-state index >= 15 is 0 Å². The lowest BCUT2D eigenvalue weighted by Crippen LogP contribution is -2.14. The standard InChI is InChI=1S/C19H14FN3OS/c1-24-14-8-9-15-16(11-14)22-18(12-4-6-13(20)7-5-12)23-19(21-15)17-3-2-10-25-17/h2-11H,1H3,(H,21,22,23). The van der Waals surface area contributed by atoms with Crippen molar-refractivity contribution in [3.8, 4) is 5.75 Å². The van der Waals surface area contributed by atoms with Gasteiger partial charge < -0.3 is 10.1 Å². The first kappa shape index (κ1) is 15.5. The highest BCUT2D eigenvalue weighted by molar-refractivity contribution is 7.12. The van der Waals surface area contributed by atoms with E-state index in [4.69, 9.17) is 14.7 Å². The Hall–Kier alpha value is -2.99. The van der Waals surface area contributed by atoms with Gasteiger partial charge in [-0.2, -0.15) is 0 Å². The molecule has 0 spiro atoms. The smallest absolute Gasteiger partial charge is 0.172 e. The normalized spacial score (nSPS) is 13.2. The number of amidine groups is 2. The molecule has 0 saturated carbocycles. The van der Waals surface area contributed by atoms with E-state index in [2.05, 4.69) is 5.32 Å². The van der Waals surface area contributed by atoms with Gasteiger partial charge in [0.2, 0.25) is 0 Å². The fraction of sp³-hybridized carbons (Fsp3) is 0.0526. The first-order chi connectivity index (χ1) is 12.2. The van der Waals surface area contributed by atoms with Crippen LogP contribution in [0.1, 0.15) is 10.4 Å². The third kappa shape index (κ3) is 3.16. The lowest BCUT2D eigenvalue weighted by molar-refractivity contribution is 0.415. The summed E-state index contributed by atoms with van der Waals surface area (Å²) in [6.07, 6.45) is 0. The second-order valence-electron chi connectivity index (χ2n) is 5.39. The fourth-order valence-electron chi connectivity index (χ4n) is 2.50. The van der Waals surface area contributed by atoms with Gasteiger partial charge in [-0.1, -0.05) is 6.07 Å². The topological polar surface area (TPSA) is 46.0 Å². The highest BCUT2D eigenvalue weighted by Crippen LogP contribution is 2.33. The quantitative estimate of drug-likeness (QED) is 0.733. The van der Waals surface area contributed by atoms with Crippen LogP contribution in [0.2, 0.25) is 0 Å². The molecule has 0 radical (unpaired) electrons. The van der Waals surface area contributed by atoms with Crippen molar-refractivity contribution < 1.29 is 9.13 Å². The SMILES string of the molecule is COc1ccc2c(c1)NC(c1ccc(F)cc1)=NC(c1cccs1)=N2. The second-order valence-corrected chi connectivity index (χ2v) is 6.34. The predicted octanol–water partition coefficient (Wildman–Crippen LogP) is 4.85. The predicted molar refractivity (Wildman–Crippen MR) is 100 cm³/mol. The molecule has 6 heteroatoms. The molecule has 2 aromatic carbocycles. The summed E-state index contributed by atoms with van der Waals surface area (Å²) >= 11 is 1.57. The average Bonchev–Trinajstić information content (AvgIpc) is 3.10. The Morgan fingerprint density at radius 2 is 1.88 bits per heavy atom. The van der Waals surface area contributed by atoms with Gasteiger partial charge in [-0.25, -0.2) is 14.4 Å². The average molecular weight is 351 g/mol. The number of hydrogen-bond acceptors (Lipinski definition) is 5. The molecule has 1 aliphatic heterocycles. The highest BCUT2D eigenvalue weighted by Gasteiger charge is 2.16. The third-order valence-electron chi connectivity index (χ3n) is 3.76. The lowest BCUT2D eigenvalue weighted by atomic mass is 10.2. The van der Waals surface area contributed by atoms with Crippen molar-refractivity contribution in [1.29, 1.82) is 0 Å². The number of thiophene rings is 1. The second kappa shape index (κ2) is 6.49. The van der Waals surface area contributed by atoms with E-state index in [1.807, 2.05) is 35.7 Å². The molecule has 4 rings (SSSR count). The van der Waals surface area contributed by atoms with Crippen LogP contribution in [-0.2, 0) is 0 Å². The van der Waals surface area contributed by atoms with Crippen LogP contribution in [0.3, 0.4) is 0 Å². The van der Waals surface area contributed by atoms with Crippen molar-refractivity contribution in [3.63, 3.8) is 0 Å². The molecule has 1 aromatic heterocycles. The molecular formula is C19H14FN3OS. The third-order valence-corrected chi connectivity index (χ3v) is 4.63. The Morgan fingerprint density at radius 3 is 2.60 bits per heavy atom. The van der Waals surface area contributed by atoms with Crippen molar-refractivity contribution in [3.05, 3.63) is 76.2 Å². The molecule has 0 atom stereocenters. The van der Waals surface area contributed by atoms with E-state index in [-0.39, 0.29) is 5.82 Å². The summed E-state index contributed by atoms with van der Waals surface area (Å²) in [5.74, 6) is 1.66.